The SMILES string of the molecule is CC(C)OCCNC(=O)Nc1ccc(CC(=O)O)nc1. The molecule has 7 heteroatoms. The number of carboxylic acid groups (broad SMARTS) is 1. The van der Waals surface area contributed by atoms with Gasteiger partial charge in [-0.05, 0) is 26.0 Å². The first-order valence-electron chi connectivity index (χ1n) is 6.30. The summed E-state index contributed by atoms with van der Waals surface area (Å²) in [5, 5.41) is 13.8. The van der Waals surface area contributed by atoms with Gasteiger partial charge in [0.15, 0.2) is 0 Å². The number of carboxylic acids is 1. The van der Waals surface area contributed by atoms with Gasteiger partial charge in [-0.2, -0.15) is 0 Å². The lowest BCUT2D eigenvalue weighted by Crippen LogP contribution is -2.32. The lowest BCUT2D eigenvalue weighted by atomic mass is 10.2. The third kappa shape index (κ3) is 6.69. The molecule has 2 amide bonds. The van der Waals surface area contributed by atoms with Gasteiger partial charge in [0.25, 0.3) is 0 Å². The third-order valence-corrected chi connectivity index (χ3v) is 2.25. The number of aliphatic carboxylic acids is 1. The number of amides is 2. The van der Waals surface area contributed by atoms with Crippen LogP contribution in [0.3, 0.4) is 0 Å². The Labute approximate surface area is 117 Å². The molecule has 0 aliphatic heterocycles. The van der Waals surface area contributed by atoms with Crippen LogP contribution in [0.15, 0.2) is 18.3 Å². The molecule has 0 bridgehead atoms. The minimum atomic E-state index is -0.943. The summed E-state index contributed by atoms with van der Waals surface area (Å²) in [5.74, 6) is -0.943. The monoisotopic (exact) mass is 281 g/mol. The molecule has 1 rings (SSSR count). The van der Waals surface area contributed by atoms with E-state index in [-0.39, 0.29) is 18.6 Å². The molecule has 0 saturated carbocycles. The molecule has 0 unspecified atom stereocenters. The predicted octanol–water partition coefficient (Wildman–Crippen LogP) is 1.26. The smallest absolute Gasteiger partial charge is 0.319 e. The van der Waals surface area contributed by atoms with E-state index in [1.807, 2.05) is 13.8 Å². The van der Waals surface area contributed by atoms with Gasteiger partial charge in [0, 0.05) is 6.54 Å². The fraction of sp³-hybridized carbons (Fsp3) is 0.462. The molecule has 3 N–H and O–H groups in total. The lowest BCUT2D eigenvalue weighted by Gasteiger charge is -2.09. The third-order valence-electron chi connectivity index (χ3n) is 2.25. The molecule has 0 fully saturated rings. The number of nitrogens with zero attached hydrogens (tertiary/aromatic N) is 1. The van der Waals surface area contributed by atoms with Crippen LogP contribution in [0.4, 0.5) is 10.5 Å². The van der Waals surface area contributed by atoms with Gasteiger partial charge in [0.2, 0.25) is 0 Å². The Balaban J connectivity index is 2.33. The van der Waals surface area contributed by atoms with Crippen molar-refractivity contribution in [3.8, 4) is 0 Å². The highest BCUT2D eigenvalue weighted by molar-refractivity contribution is 5.89. The minimum Gasteiger partial charge on any atom is -0.481 e. The lowest BCUT2D eigenvalue weighted by molar-refractivity contribution is -0.136. The molecule has 1 aromatic rings. The second kappa shape index (κ2) is 8.11. The summed E-state index contributed by atoms with van der Waals surface area (Å²) in [6.07, 6.45) is 1.41. The Kier molecular flexibility index (Phi) is 6.45. The van der Waals surface area contributed by atoms with Crippen molar-refractivity contribution in [3.63, 3.8) is 0 Å². The molecule has 0 aromatic carbocycles. The van der Waals surface area contributed by atoms with E-state index in [1.165, 1.54) is 6.20 Å². The van der Waals surface area contributed by atoms with Crippen LogP contribution < -0.4 is 10.6 Å². The highest BCUT2D eigenvalue weighted by Gasteiger charge is 2.04. The summed E-state index contributed by atoms with van der Waals surface area (Å²) in [7, 11) is 0. The molecule has 0 aliphatic carbocycles. The molecular formula is C13H19N3O4. The normalized spacial score (nSPS) is 10.3. The zero-order valence-electron chi connectivity index (χ0n) is 11.5. The first-order valence-corrected chi connectivity index (χ1v) is 6.30. The number of urea groups is 1. The van der Waals surface area contributed by atoms with Gasteiger partial charge in [-0.15, -0.1) is 0 Å². The van der Waals surface area contributed by atoms with Gasteiger partial charge >= 0.3 is 12.0 Å². The molecule has 0 atom stereocenters. The van der Waals surface area contributed by atoms with E-state index in [4.69, 9.17) is 9.84 Å². The number of ether oxygens (including phenoxy) is 1. The number of nitrogens with one attached hydrogen (secondary N) is 2. The van der Waals surface area contributed by atoms with E-state index in [0.29, 0.717) is 24.5 Å². The quantitative estimate of drug-likeness (QED) is 0.653. The van der Waals surface area contributed by atoms with Crippen molar-refractivity contribution in [2.45, 2.75) is 26.4 Å². The van der Waals surface area contributed by atoms with Crippen molar-refractivity contribution in [1.29, 1.82) is 0 Å². The van der Waals surface area contributed by atoms with E-state index < -0.39 is 5.97 Å². The number of carbonyl (C=O) groups excluding carboxylic acids is 1. The van der Waals surface area contributed by atoms with Crippen LogP contribution in [-0.4, -0.2) is 41.3 Å². The Hall–Kier alpha value is -2.15. The van der Waals surface area contributed by atoms with Crippen LogP contribution in [0.25, 0.3) is 0 Å². The number of anilines is 1. The van der Waals surface area contributed by atoms with Crippen molar-refractivity contribution >= 4 is 17.7 Å². The maximum atomic E-state index is 11.5. The average Bonchev–Trinajstić information content (AvgIpc) is 2.36. The number of rotatable bonds is 7. The minimum absolute atomic E-state index is 0.130. The number of pyridine rings is 1. The van der Waals surface area contributed by atoms with Gasteiger partial charge in [-0.25, -0.2) is 4.79 Å². The summed E-state index contributed by atoms with van der Waals surface area (Å²) in [5.41, 5.74) is 0.940. The summed E-state index contributed by atoms with van der Waals surface area (Å²) in [6.45, 7) is 4.70. The summed E-state index contributed by atoms with van der Waals surface area (Å²) < 4.78 is 5.28. The molecule has 0 radical (unpaired) electrons. The fourth-order valence-electron chi connectivity index (χ4n) is 1.39. The van der Waals surface area contributed by atoms with Gasteiger partial charge in [0.05, 0.1) is 36.7 Å². The second-order valence-electron chi connectivity index (χ2n) is 4.41. The highest BCUT2D eigenvalue weighted by Crippen LogP contribution is 2.06. The van der Waals surface area contributed by atoms with E-state index in [2.05, 4.69) is 15.6 Å². The summed E-state index contributed by atoms with van der Waals surface area (Å²) in [6, 6.07) is 2.81. The maximum Gasteiger partial charge on any atom is 0.319 e. The summed E-state index contributed by atoms with van der Waals surface area (Å²) in [4.78, 5) is 26.0. The van der Waals surface area contributed by atoms with Crippen molar-refractivity contribution in [2.24, 2.45) is 0 Å². The van der Waals surface area contributed by atoms with Crippen LogP contribution in [-0.2, 0) is 16.0 Å². The van der Waals surface area contributed by atoms with Crippen LogP contribution in [0.5, 0.6) is 0 Å². The van der Waals surface area contributed by atoms with Crippen LogP contribution in [0.1, 0.15) is 19.5 Å². The first kappa shape index (κ1) is 15.9. The molecule has 0 saturated heterocycles. The maximum absolute atomic E-state index is 11.5. The first-order chi connectivity index (χ1) is 9.47. The zero-order valence-corrected chi connectivity index (χ0v) is 11.5. The second-order valence-corrected chi connectivity index (χ2v) is 4.41. The molecule has 1 aromatic heterocycles. The molecule has 0 spiro atoms. The molecule has 7 nitrogen and oxygen atoms in total. The van der Waals surface area contributed by atoms with E-state index in [0.717, 1.165) is 0 Å². The highest BCUT2D eigenvalue weighted by atomic mass is 16.5. The Bertz CT molecular complexity index is 445. The number of aromatic nitrogens is 1. The zero-order chi connectivity index (χ0) is 15.0. The van der Waals surface area contributed by atoms with E-state index >= 15 is 0 Å². The van der Waals surface area contributed by atoms with Gasteiger partial charge in [-0.3, -0.25) is 9.78 Å². The Morgan fingerprint density at radius 1 is 1.40 bits per heavy atom. The Morgan fingerprint density at radius 3 is 2.70 bits per heavy atom. The van der Waals surface area contributed by atoms with Gasteiger partial charge in [-0.1, -0.05) is 0 Å². The topological polar surface area (TPSA) is 101 Å². The van der Waals surface area contributed by atoms with Crippen LogP contribution >= 0.6 is 0 Å². The Morgan fingerprint density at radius 2 is 2.15 bits per heavy atom. The molecular weight excluding hydrogens is 262 g/mol. The van der Waals surface area contributed by atoms with Crippen molar-refractivity contribution < 1.29 is 19.4 Å². The predicted molar refractivity (Wildman–Crippen MR) is 73.7 cm³/mol. The number of carbonyl (C=O) groups is 2. The van der Waals surface area contributed by atoms with Crippen molar-refractivity contribution in [2.75, 3.05) is 18.5 Å². The van der Waals surface area contributed by atoms with Crippen molar-refractivity contribution in [1.82, 2.24) is 10.3 Å². The largest absolute Gasteiger partial charge is 0.481 e. The molecule has 110 valence electrons. The van der Waals surface area contributed by atoms with E-state index in [1.54, 1.807) is 12.1 Å². The van der Waals surface area contributed by atoms with E-state index in [9.17, 15) is 9.59 Å². The van der Waals surface area contributed by atoms with Crippen LogP contribution in [0.2, 0.25) is 0 Å². The molecule has 0 aliphatic rings. The molecule has 1 heterocycles. The van der Waals surface area contributed by atoms with Crippen molar-refractivity contribution in [3.05, 3.63) is 24.0 Å². The average molecular weight is 281 g/mol. The fourth-order valence-corrected chi connectivity index (χ4v) is 1.39. The van der Waals surface area contributed by atoms with Gasteiger partial charge < -0.3 is 20.5 Å². The number of hydrogen-bond donors (Lipinski definition) is 3. The van der Waals surface area contributed by atoms with Gasteiger partial charge in [0.1, 0.15) is 0 Å². The standard InChI is InChI=1S/C13H19N3O4/c1-9(2)20-6-5-14-13(19)16-11-4-3-10(15-8-11)7-12(17)18/h3-4,8-9H,5-7H2,1-2H3,(H,17,18)(H2,14,16,19). The number of hydrogen-bond acceptors (Lipinski definition) is 4. The molecule has 20 heavy (non-hydrogen) atoms. The van der Waals surface area contributed by atoms with Crippen LogP contribution in [0, 0.1) is 0 Å². The summed E-state index contributed by atoms with van der Waals surface area (Å²) >= 11 is 0.